The first kappa shape index (κ1) is 21.3. The molecule has 1 aromatic heterocycles. The van der Waals surface area contributed by atoms with Crippen LogP contribution >= 0.6 is 12.4 Å². The minimum atomic E-state index is -0.565. The Morgan fingerprint density at radius 2 is 1.96 bits per heavy atom. The zero-order valence-electron chi connectivity index (χ0n) is 15.3. The average Bonchev–Trinajstić information content (AvgIpc) is 2.90. The third-order valence-corrected chi connectivity index (χ3v) is 4.09. The summed E-state index contributed by atoms with van der Waals surface area (Å²) >= 11 is 0. The summed E-state index contributed by atoms with van der Waals surface area (Å²) in [5.41, 5.74) is 0.927. The highest BCUT2D eigenvalue weighted by molar-refractivity contribution is 6.34. The number of fused-ring (bicyclic) bond motifs is 1. The molecule has 28 heavy (non-hydrogen) atoms. The number of anilines is 1. The number of pyridine rings is 1. The second-order valence-corrected chi connectivity index (χ2v) is 6.42. The number of aromatic amines is 1. The number of carbonyl (C=O) groups excluding carboxylic acids is 2. The van der Waals surface area contributed by atoms with Gasteiger partial charge in [-0.3, -0.25) is 14.4 Å². The Morgan fingerprint density at radius 3 is 2.64 bits per heavy atom. The molecule has 1 aliphatic rings. The monoisotopic (exact) mass is 406 g/mol. The van der Waals surface area contributed by atoms with Crippen LogP contribution in [0.1, 0.15) is 21.6 Å². The fourth-order valence-electron chi connectivity index (χ4n) is 2.70. The van der Waals surface area contributed by atoms with Gasteiger partial charge in [-0.2, -0.15) is 0 Å². The number of carbonyl (C=O) groups is 2. The van der Waals surface area contributed by atoms with Gasteiger partial charge in [0.1, 0.15) is 11.4 Å². The molecule has 0 bridgehead atoms. The van der Waals surface area contributed by atoms with E-state index in [2.05, 4.69) is 15.6 Å². The van der Waals surface area contributed by atoms with E-state index in [-0.39, 0.29) is 29.5 Å². The van der Waals surface area contributed by atoms with Crippen molar-refractivity contribution in [2.45, 2.75) is 0 Å². The SMILES string of the molecule is CN(C)CCNC(=O)c1ccc(/C=C2\C(=O)Nc3ccc(F)cc32)[nH]c1=O.Cl. The highest BCUT2D eigenvalue weighted by Gasteiger charge is 2.24. The summed E-state index contributed by atoms with van der Waals surface area (Å²) in [7, 11) is 3.76. The first-order chi connectivity index (χ1) is 12.8. The highest BCUT2D eigenvalue weighted by Crippen LogP contribution is 2.33. The van der Waals surface area contributed by atoms with E-state index in [9.17, 15) is 18.8 Å². The molecule has 9 heteroatoms. The molecule has 0 radical (unpaired) electrons. The van der Waals surface area contributed by atoms with E-state index in [1.54, 1.807) is 0 Å². The predicted molar refractivity (Wildman–Crippen MR) is 108 cm³/mol. The zero-order chi connectivity index (χ0) is 19.6. The average molecular weight is 407 g/mol. The van der Waals surface area contributed by atoms with Crippen LogP contribution in [0, 0.1) is 5.82 Å². The number of benzene rings is 1. The van der Waals surface area contributed by atoms with Crippen LogP contribution in [0.5, 0.6) is 0 Å². The number of halogens is 2. The highest BCUT2D eigenvalue weighted by atomic mass is 35.5. The third kappa shape index (κ3) is 4.65. The second kappa shape index (κ2) is 8.81. The van der Waals surface area contributed by atoms with Crippen LogP contribution in [0.2, 0.25) is 0 Å². The van der Waals surface area contributed by atoms with Crippen LogP contribution in [-0.4, -0.2) is 48.9 Å². The summed E-state index contributed by atoms with van der Waals surface area (Å²) in [6.07, 6.45) is 1.45. The van der Waals surface area contributed by atoms with Gasteiger partial charge in [0, 0.05) is 30.0 Å². The van der Waals surface area contributed by atoms with Crippen LogP contribution in [-0.2, 0) is 4.79 Å². The first-order valence-electron chi connectivity index (χ1n) is 8.34. The number of nitrogens with zero attached hydrogens (tertiary/aromatic N) is 1. The first-order valence-corrected chi connectivity index (χ1v) is 8.34. The van der Waals surface area contributed by atoms with Crippen molar-refractivity contribution in [2.75, 3.05) is 32.5 Å². The van der Waals surface area contributed by atoms with Crippen molar-refractivity contribution in [1.29, 1.82) is 0 Å². The van der Waals surface area contributed by atoms with Gasteiger partial charge in [-0.25, -0.2) is 4.39 Å². The van der Waals surface area contributed by atoms with Crippen molar-refractivity contribution in [3.05, 3.63) is 63.3 Å². The number of nitrogens with one attached hydrogen (secondary N) is 3. The molecule has 0 spiro atoms. The molecular weight excluding hydrogens is 387 g/mol. The zero-order valence-corrected chi connectivity index (χ0v) is 16.2. The molecule has 0 aliphatic carbocycles. The lowest BCUT2D eigenvalue weighted by molar-refractivity contribution is -0.110. The molecular formula is C19H20ClFN4O3. The lowest BCUT2D eigenvalue weighted by atomic mass is 10.1. The molecule has 1 aliphatic heterocycles. The molecule has 3 rings (SSSR count). The smallest absolute Gasteiger partial charge is 0.261 e. The number of hydrogen-bond acceptors (Lipinski definition) is 4. The number of aromatic nitrogens is 1. The molecule has 7 nitrogen and oxygen atoms in total. The molecule has 2 amide bonds. The Kier molecular flexibility index (Phi) is 6.71. The van der Waals surface area contributed by atoms with Crippen molar-refractivity contribution >= 4 is 41.6 Å². The van der Waals surface area contributed by atoms with Gasteiger partial charge in [0.15, 0.2) is 0 Å². The Hall–Kier alpha value is -2.97. The van der Waals surface area contributed by atoms with Crippen molar-refractivity contribution in [3.63, 3.8) is 0 Å². The van der Waals surface area contributed by atoms with Gasteiger partial charge in [0.25, 0.3) is 17.4 Å². The number of likely N-dealkylation sites (N-methyl/N-ethyl adjacent to an activating group) is 1. The maximum absolute atomic E-state index is 13.5. The van der Waals surface area contributed by atoms with Crippen molar-refractivity contribution in [1.82, 2.24) is 15.2 Å². The molecule has 2 heterocycles. The molecule has 3 N–H and O–H groups in total. The predicted octanol–water partition coefficient (Wildman–Crippen LogP) is 1.72. The molecule has 0 unspecified atom stereocenters. The molecule has 0 atom stereocenters. The summed E-state index contributed by atoms with van der Waals surface area (Å²) in [5, 5.41) is 5.31. The van der Waals surface area contributed by atoms with Gasteiger partial charge in [-0.05, 0) is 50.5 Å². The van der Waals surface area contributed by atoms with E-state index in [4.69, 9.17) is 0 Å². The lowest BCUT2D eigenvalue weighted by Crippen LogP contribution is -2.34. The largest absolute Gasteiger partial charge is 0.351 e. The topological polar surface area (TPSA) is 94.3 Å². The minimum absolute atomic E-state index is 0. The van der Waals surface area contributed by atoms with Crippen molar-refractivity contribution < 1.29 is 14.0 Å². The van der Waals surface area contributed by atoms with Crippen LogP contribution in [0.25, 0.3) is 11.6 Å². The summed E-state index contributed by atoms with van der Waals surface area (Å²) in [4.78, 5) is 40.9. The summed E-state index contributed by atoms with van der Waals surface area (Å²) in [6.45, 7) is 1.07. The summed E-state index contributed by atoms with van der Waals surface area (Å²) < 4.78 is 13.5. The maximum atomic E-state index is 13.5. The fraction of sp³-hybridized carbons (Fsp3) is 0.211. The lowest BCUT2D eigenvalue weighted by Gasteiger charge is -2.10. The normalized spacial score (nSPS) is 13.9. The number of hydrogen-bond donors (Lipinski definition) is 3. The summed E-state index contributed by atoms with van der Waals surface area (Å²) in [5.74, 6) is -1.32. The minimum Gasteiger partial charge on any atom is -0.351 e. The van der Waals surface area contributed by atoms with Gasteiger partial charge in [0.05, 0.1) is 5.57 Å². The molecule has 2 aromatic rings. The van der Waals surface area contributed by atoms with E-state index in [1.807, 2.05) is 19.0 Å². The Labute approximate surface area is 167 Å². The summed E-state index contributed by atoms with van der Waals surface area (Å²) in [6, 6.07) is 6.92. The quantitative estimate of drug-likeness (QED) is 0.659. The Bertz CT molecular complexity index is 1000. The van der Waals surface area contributed by atoms with Crippen molar-refractivity contribution in [3.8, 4) is 0 Å². The molecule has 0 fully saturated rings. The maximum Gasteiger partial charge on any atom is 0.261 e. The number of rotatable bonds is 5. The van der Waals surface area contributed by atoms with Crippen LogP contribution < -0.4 is 16.2 Å². The Balaban J connectivity index is 0.00000280. The van der Waals surface area contributed by atoms with Gasteiger partial charge in [-0.1, -0.05) is 0 Å². The third-order valence-electron chi connectivity index (χ3n) is 4.09. The standard InChI is InChI=1S/C19H19FN4O3.ClH/c1-24(2)8-7-21-17(25)13-5-4-12(22-18(13)26)10-15-14-9-11(20)3-6-16(14)23-19(15)27;/h3-6,9-10H,7-8H2,1-2H3,(H,21,25)(H,22,26)(H,23,27);1H/b15-10-;. The molecule has 1 aromatic carbocycles. The number of amides is 2. The molecule has 148 valence electrons. The van der Waals surface area contributed by atoms with Gasteiger partial charge in [-0.15, -0.1) is 12.4 Å². The van der Waals surface area contributed by atoms with Crippen LogP contribution in [0.15, 0.2) is 35.1 Å². The Morgan fingerprint density at radius 1 is 1.21 bits per heavy atom. The van der Waals surface area contributed by atoms with E-state index < -0.39 is 17.3 Å². The van der Waals surface area contributed by atoms with Crippen LogP contribution in [0.4, 0.5) is 10.1 Å². The van der Waals surface area contributed by atoms with Gasteiger partial charge >= 0.3 is 0 Å². The van der Waals surface area contributed by atoms with Crippen LogP contribution in [0.3, 0.4) is 0 Å². The van der Waals surface area contributed by atoms with E-state index in [0.29, 0.717) is 30.0 Å². The van der Waals surface area contributed by atoms with Crippen molar-refractivity contribution in [2.24, 2.45) is 0 Å². The van der Waals surface area contributed by atoms with E-state index in [0.717, 1.165) is 0 Å². The molecule has 0 saturated carbocycles. The van der Waals surface area contributed by atoms with Gasteiger partial charge in [0.2, 0.25) is 0 Å². The second-order valence-electron chi connectivity index (χ2n) is 6.42. The fourth-order valence-corrected chi connectivity index (χ4v) is 2.70. The van der Waals surface area contributed by atoms with Gasteiger partial charge < -0.3 is 20.5 Å². The molecule has 0 saturated heterocycles. The van der Waals surface area contributed by atoms with E-state index >= 15 is 0 Å². The van der Waals surface area contributed by atoms with E-state index in [1.165, 1.54) is 36.4 Å². The number of H-pyrrole nitrogens is 1.